The van der Waals surface area contributed by atoms with Gasteiger partial charge in [0.15, 0.2) is 11.4 Å². The fraction of sp³-hybridized carbons (Fsp3) is 0.312. The molecule has 5 aromatic rings. The molecule has 10 nitrogen and oxygen atoms in total. The Kier molecular flexibility index (Phi) is 10.3. The third-order valence-electron chi connectivity index (χ3n) is 13.3. The average molecular weight is 842 g/mol. The number of rotatable bonds is 9. The van der Waals surface area contributed by atoms with Crippen molar-refractivity contribution in [3.8, 4) is 17.2 Å². The first-order valence-electron chi connectivity index (χ1n) is 20.6. The van der Waals surface area contributed by atoms with Crippen LogP contribution in [0.5, 0.6) is 17.2 Å². The van der Waals surface area contributed by atoms with Crippen molar-refractivity contribution < 1.29 is 33.7 Å². The lowest BCUT2D eigenvalue weighted by molar-refractivity contribution is -0.150. The maximum atomic E-state index is 15.4. The van der Waals surface area contributed by atoms with Crippen molar-refractivity contribution >= 4 is 59.6 Å². The summed E-state index contributed by atoms with van der Waals surface area (Å²) in [5.74, 6) is 1.01. The minimum atomic E-state index is -2.52. The molecule has 0 aromatic heterocycles. The van der Waals surface area contributed by atoms with Crippen molar-refractivity contribution in [3.05, 3.63) is 137 Å². The summed E-state index contributed by atoms with van der Waals surface area (Å²) in [6.07, 6.45) is 1.11. The second-order valence-electron chi connectivity index (χ2n) is 16.9. The number of hydrogen-bond acceptors (Lipinski definition) is 7. The maximum absolute atomic E-state index is 15.4. The van der Waals surface area contributed by atoms with Gasteiger partial charge in [-0.05, 0) is 90.7 Å². The number of fused-ring (bicyclic) bond motifs is 4. The van der Waals surface area contributed by atoms with Crippen molar-refractivity contribution in [2.24, 2.45) is 5.92 Å². The lowest BCUT2D eigenvalue weighted by atomic mass is 9.82. The molecule has 2 fully saturated rings. The molecule has 2 saturated heterocycles. The standard InChI is InChI=1S/C48H48ClN3O7Si/c1-30-45(60(3,4)36-22-20-35(57-2)21-23-36)43(27-44(54)50-25-9-10-34(50)29-53)59-48(30)38-26-32(49)17-24-39(38)51(47(48)56)28-31-15-18-33(19-16-31)52-40-12-6-8-14-42(40)58-41-13-7-5-11-37(41)46(52)55/h5-8,11-24,26,30,34,43,45,53H,9-10,25,27-29H2,1-4H3/t30-,34+,43+,45-,48+/m1/s1. The van der Waals surface area contributed by atoms with Gasteiger partial charge in [-0.15, -0.1) is 0 Å². The number of ether oxygens (including phenoxy) is 3. The first-order chi connectivity index (χ1) is 29.0. The van der Waals surface area contributed by atoms with Crippen LogP contribution >= 0.6 is 11.6 Å². The second-order valence-corrected chi connectivity index (χ2v) is 22.0. The molecule has 308 valence electrons. The zero-order chi connectivity index (χ0) is 41.9. The van der Waals surface area contributed by atoms with Crippen LogP contribution in [-0.4, -0.2) is 68.2 Å². The Bertz CT molecular complexity index is 2480. The van der Waals surface area contributed by atoms with E-state index in [0.29, 0.717) is 51.3 Å². The molecule has 1 N–H and O–H groups in total. The number of benzene rings is 5. The van der Waals surface area contributed by atoms with Gasteiger partial charge < -0.3 is 29.1 Å². The fourth-order valence-electron chi connectivity index (χ4n) is 10.3. The van der Waals surface area contributed by atoms with E-state index in [4.69, 9.17) is 25.8 Å². The normalized spacial score (nSPS) is 23.3. The number of halogens is 1. The van der Waals surface area contributed by atoms with Crippen LogP contribution in [0.3, 0.4) is 0 Å². The van der Waals surface area contributed by atoms with Gasteiger partial charge in [0.25, 0.3) is 11.8 Å². The maximum Gasteiger partial charge on any atom is 0.266 e. The predicted octanol–water partition coefficient (Wildman–Crippen LogP) is 8.57. The van der Waals surface area contributed by atoms with Crippen molar-refractivity contribution in [1.82, 2.24) is 4.90 Å². The molecule has 9 rings (SSSR count). The van der Waals surface area contributed by atoms with Crippen molar-refractivity contribution in [2.75, 3.05) is 30.1 Å². The molecule has 4 aliphatic rings. The van der Waals surface area contributed by atoms with E-state index >= 15 is 4.79 Å². The van der Waals surface area contributed by atoms with Crippen LogP contribution in [0.25, 0.3) is 0 Å². The summed E-state index contributed by atoms with van der Waals surface area (Å²) in [5, 5.41) is 11.8. The van der Waals surface area contributed by atoms with Gasteiger partial charge in [-0.25, -0.2) is 0 Å². The summed E-state index contributed by atoms with van der Waals surface area (Å²) in [7, 11) is -0.873. The largest absolute Gasteiger partial charge is 0.497 e. The molecule has 3 amide bonds. The number of likely N-dealkylation sites (tertiary alicyclic amines) is 1. The number of para-hydroxylation sites is 3. The molecule has 0 radical (unpaired) electrons. The Balaban J connectivity index is 1.07. The van der Waals surface area contributed by atoms with Crippen molar-refractivity contribution in [2.45, 2.75) is 69.1 Å². The Morgan fingerprint density at radius 3 is 2.37 bits per heavy atom. The van der Waals surface area contributed by atoms with Crippen LogP contribution < -0.4 is 24.5 Å². The summed E-state index contributed by atoms with van der Waals surface area (Å²) in [6.45, 7) is 7.42. The Morgan fingerprint density at radius 2 is 1.63 bits per heavy atom. The predicted molar refractivity (Wildman–Crippen MR) is 235 cm³/mol. The molecule has 60 heavy (non-hydrogen) atoms. The lowest BCUT2D eigenvalue weighted by Gasteiger charge is -2.37. The Morgan fingerprint density at radius 1 is 0.917 bits per heavy atom. The van der Waals surface area contributed by atoms with Gasteiger partial charge in [0.05, 0.1) is 63.8 Å². The van der Waals surface area contributed by atoms with Crippen LogP contribution in [0, 0.1) is 5.92 Å². The molecular formula is C48H48ClN3O7Si. The van der Waals surface area contributed by atoms with Gasteiger partial charge in [0, 0.05) is 28.7 Å². The van der Waals surface area contributed by atoms with Crippen LogP contribution in [0.15, 0.2) is 115 Å². The first kappa shape index (κ1) is 40.0. The molecule has 12 heteroatoms. The van der Waals surface area contributed by atoms with Gasteiger partial charge in [0.2, 0.25) is 5.91 Å². The van der Waals surface area contributed by atoms with Crippen molar-refractivity contribution in [1.29, 1.82) is 0 Å². The topological polar surface area (TPSA) is 109 Å². The molecule has 4 aliphatic heterocycles. The zero-order valence-corrected chi connectivity index (χ0v) is 35.9. The van der Waals surface area contributed by atoms with E-state index < -0.39 is 19.8 Å². The Labute approximate surface area is 356 Å². The molecule has 4 heterocycles. The molecule has 0 bridgehead atoms. The first-order valence-corrected chi connectivity index (χ1v) is 24.1. The molecule has 0 saturated carbocycles. The number of anilines is 3. The number of carbonyl (C=O) groups excluding carboxylic acids is 3. The number of carbonyl (C=O) groups is 3. The third kappa shape index (κ3) is 6.50. The van der Waals surface area contributed by atoms with Crippen LogP contribution in [0.2, 0.25) is 23.7 Å². The molecule has 5 atom stereocenters. The highest BCUT2D eigenvalue weighted by Gasteiger charge is 2.66. The van der Waals surface area contributed by atoms with Crippen LogP contribution in [0.4, 0.5) is 17.1 Å². The highest BCUT2D eigenvalue weighted by atomic mass is 35.5. The van der Waals surface area contributed by atoms with E-state index in [9.17, 15) is 14.7 Å². The van der Waals surface area contributed by atoms with Crippen LogP contribution in [0.1, 0.15) is 47.7 Å². The molecular weight excluding hydrogens is 794 g/mol. The van der Waals surface area contributed by atoms with Gasteiger partial charge in [0.1, 0.15) is 11.5 Å². The van der Waals surface area contributed by atoms with Gasteiger partial charge >= 0.3 is 0 Å². The number of methoxy groups -OCH3 is 1. The number of nitrogens with zero attached hydrogens (tertiary/aromatic N) is 3. The molecule has 1 spiro atoms. The van der Waals surface area contributed by atoms with Gasteiger partial charge in [-0.3, -0.25) is 19.3 Å². The number of hydrogen-bond donors (Lipinski definition) is 1. The summed E-state index contributed by atoms with van der Waals surface area (Å²) in [5.41, 5.74) is 2.44. The van der Waals surface area contributed by atoms with E-state index in [2.05, 4.69) is 32.2 Å². The molecule has 0 aliphatic carbocycles. The summed E-state index contributed by atoms with van der Waals surface area (Å²) >= 11 is 6.75. The minimum absolute atomic E-state index is 0.0698. The van der Waals surface area contributed by atoms with Crippen LogP contribution in [-0.2, 0) is 26.5 Å². The summed E-state index contributed by atoms with van der Waals surface area (Å²) in [6, 6.07) is 35.8. The smallest absolute Gasteiger partial charge is 0.266 e. The average Bonchev–Trinajstić information content (AvgIpc) is 3.89. The van der Waals surface area contributed by atoms with Gasteiger partial charge in [-0.2, -0.15) is 0 Å². The summed E-state index contributed by atoms with van der Waals surface area (Å²) < 4.78 is 18.9. The van der Waals surface area contributed by atoms with E-state index in [1.807, 2.05) is 84.9 Å². The van der Waals surface area contributed by atoms with E-state index in [1.54, 1.807) is 40.0 Å². The lowest BCUT2D eigenvalue weighted by Crippen LogP contribution is -2.52. The zero-order valence-electron chi connectivity index (χ0n) is 34.1. The Hall–Kier alpha value is -5.46. The quantitative estimate of drug-likeness (QED) is 0.148. The third-order valence-corrected chi connectivity index (χ3v) is 17.9. The number of amides is 3. The number of aliphatic hydroxyl groups excluding tert-OH is 1. The minimum Gasteiger partial charge on any atom is -0.497 e. The van der Waals surface area contributed by atoms with E-state index in [-0.39, 0.29) is 54.8 Å². The monoisotopic (exact) mass is 841 g/mol. The summed E-state index contributed by atoms with van der Waals surface area (Å²) in [4.78, 5) is 48.9. The van der Waals surface area contributed by atoms with E-state index in [0.717, 1.165) is 24.2 Å². The molecule has 5 aromatic carbocycles. The number of aliphatic hydroxyl groups is 1. The van der Waals surface area contributed by atoms with E-state index in [1.165, 1.54) is 5.19 Å². The van der Waals surface area contributed by atoms with Gasteiger partial charge in [-0.1, -0.05) is 85.3 Å². The highest BCUT2D eigenvalue weighted by Crippen LogP contribution is 2.60. The highest BCUT2D eigenvalue weighted by molar-refractivity contribution is 6.91. The fourth-order valence-corrected chi connectivity index (χ4v) is 14.5. The second kappa shape index (κ2) is 15.5. The SMILES string of the molecule is COc1ccc([Si](C)(C)[C@H]2[C@H](CC(=O)N3CCC[C@H]3CO)O[C@@]3(C(=O)N(Cc4ccc(N5C(=O)c6ccccc6Oc6ccccc65)cc4)c4ccc(Cl)cc43)[C@@H]2C)cc1. The van der Waals surface area contributed by atoms with Crippen molar-refractivity contribution in [3.63, 3.8) is 0 Å². The molecule has 0 unspecified atom stereocenters.